The van der Waals surface area contributed by atoms with E-state index >= 15 is 0 Å². The van der Waals surface area contributed by atoms with Crippen LogP contribution in [0.3, 0.4) is 0 Å². The Morgan fingerprint density at radius 3 is 2.61 bits per heavy atom. The maximum Gasteiger partial charge on any atom is 0.305 e. The van der Waals surface area contributed by atoms with Crippen LogP contribution in [0.1, 0.15) is 58.3 Å². The molecule has 0 aliphatic carbocycles. The average Bonchev–Trinajstić information content (AvgIpc) is 2.34. The Bertz CT molecular complexity index is 231. The largest absolute Gasteiger partial charge is 0.466 e. The molecule has 1 aliphatic rings. The molecule has 18 heavy (non-hydrogen) atoms. The quantitative estimate of drug-likeness (QED) is 0.622. The van der Waals surface area contributed by atoms with Crippen molar-refractivity contribution in [2.24, 2.45) is 5.92 Å². The third-order valence-corrected chi connectivity index (χ3v) is 3.76. The maximum absolute atomic E-state index is 11.4. The lowest BCUT2D eigenvalue weighted by Crippen LogP contribution is -2.21. The van der Waals surface area contributed by atoms with Gasteiger partial charge in [-0.15, -0.1) is 0 Å². The number of carbonyl (C=O) groups is 1. The van der Waals surface area contributed by atoms with Crippen molar-refractivity contribution in [3.8, 4) is 0 Å². The number of ether oxygens (including phenoxy) is 1. The molecule has 0 spiro atoms. The Kier molecular flexibility index (Phi) is 8.06. The van der Waals surface area contributed by atoms with E-state index in [4.69, 9.17) is 4.74 Å². The SMILES string of the molecule is C[C@@H]1CCCCC(=O)OCCCCN(C)CCC1. The lowest BCUT2D eigenvalue weighted by Gasteiger charge is -2.17. The molecule has 0 radical (unpaired) electrons. The summed E-state index contributed by atoms with van der Waals surface area (Å²) in [4.78, 5) is 13.8. The average molecular weight is 255 g/mol. The van der Waals surface area contributed by atoms with Crippen molar-refractivity contribution in [3.63, 3.8) is 0 Å². The van der Waals surface area contributed by atoms with Gasteiger partial charge in [0.25, 0.3) is 0 Å². The van der Waals surface area contributed by atoms with Gasteiger partial charge >= 0.3 is 5.97 Å². The van der Waals surface area contributed by atoms with E-state index in [1.807, 2.05) is 0 Å². The van der Waals surface area contributed by atoms with Crippen molar-refractivity contribution in [3.05, 3.63) is 0 Å². The van der Waals surface area contributed by atoms with E-state index in [2.05, 4.69) is 18.9 Å². The molecule has 0 aromatic carbocycles. The summed E-state index contributed by atoms with van der Waals surface area (Å²) < 4.78 is 5.22. The van der Waals surface area contributed by atoms with E-state index in [0.717, 1.165) is 38.1 Å². The number of cyclic esters (lactones) is 1. The molecule has 0 bridgehead atoms. The van der Waals surface area contributed by atoms with Gasteiger partial charge in [0.15, 0.2) is 0 Å². The van der Waals surface area contributed by atoms with Crippen LogP contribution in [-0.2, 0) is 9.53 Å². The molecule has 0 aromatic rings. The molecule has 1 fully saturated rings. The molecule has 0 aromatic heterocycles. The molecule has 1 saturated heterocycles. The summed E-state index contributed by atoms with van der Waals surface area (Å²) in [6.07, 6.45) is 8.73. The molecule has 1 aliphatic heterocycles. The second-order valence-corrected chi connectivity index (χ2v) is 5.72. The van der Waals surface area contributed by atoms with E-state index < -0.39 is 0 Å². The van der Waals surface area contributed by atoms with E-state index in [0.29, 0.717) is 13.0 Å². The van der Waals surface area contributed by atoms with Crippen LogP contribution in [0, 0.1) is 5.92 Å². The Morgan fingerprint density at radius 1 is 1.06 bits per heavy atom. The third kappa shape index (κ3) is 7.70. The Morgan fingerprint density at radius 2 is 1.78 bits per heavy atom. The van der Waals surface area contributed by atoms with Gasteiger partial charge in [-0.3, -0.25) is 4.79 Å². The summed E-state index contributed by atoms with van der Waals surface area (Å²) >= 11 is 0. The molecule has 0 amide bonds. The van der Waals surface area contributed by atoms with Crippen LogP contribution >= 0.6 is 0 Å². The summed E-state index contributed by atoms with van der Waals surface area (Å²) in [6.45, 7) is 5.25. The summed E-state index contributed by atoms with van der Waals surface area (Å²) in [5, 5.41) is 0. The van der Waals surface area contributed by atoms with Gasteiger partial charge in [0.05, 0.1) is 6.61 Å². The fourth-order valence-corrected chi connectivity index (χ4v) is 2.47. The molecular formula is C15H29NO2. The molecule has 3 nitrogen and oxygen atoms in total. The predicted molar refractivity (Wildman–Crippen MR) is 74.6 cm³/mol. The fourth-order valence-electron chi connectivity index (χ4n) is 2.47. The first-order chi connectivity index (χ1) is 8.68. The Labute approximate surface area is 112 Å². The fraction of sp³-hybridized carbons (Fsp3) is 0.933. The minimum atomic E-state index is -0.00844. The van der Waals surface area contributed by atoms with Gasteiger partial charge in [-0.2, -0.15) is 0 Å². The van der Waals surface area contributed by atoms with Gasteiger partial charge in [0, 0.05) is 6.42 Å². The molecule has 1 rings (SSSR count). The van der Waals surface area contributed by atoms with Crippen LogP contribution in [0.5, 0.6) is 0 Å². The molecular weight excluding hydrogens is 226 g/mol. The van der Waals surface area contributed by atoms with E-state index in [1.165, 1.54) is 25.8 Å². The number of nitrogens with zero attached hydrogens (tertiary/aromatic N) is 1. The zero-order valence-electron chi connectivity index (χ0n) is 12.1. The first-order valence-electron chi connectivity index (χ1n) is 7.52. The minimum Gasteiger partial charge on any atom is -0.466 e. The highest BCUT2D eigenvalue weighted by atomic mass is 16.5. The summed E-state index contributed by atoms with van der Waals surface area (Å²) in [6, 6.07) is 0. The standard InChI is InChI=1S/C15H29NO2/c1-14-8-3-4-10-15(17)18-13-6-5-11-16(2)12-7-9-14/h14H,3-13H2,1-2H3/t14-/m1/s1. The van der Waals surface area contributed by atoms with Crippen LogP contribution in [-0.4, -0.2) is 37.6 Å². The van der Waals surface area contributed by atoms with Crippen molar-refractivity contribution in [1.29, 1.82) is 0 Å². The zero-order valence-corrected chi connectivity index (χ0v) is 12.1. The third-order valence-electron chi connectivity index (χ3n) is 3.76. The molecule has 0 N–H and O–H groups in total. The van der Waals surface area contributed by atoms with Crippen molar-refractivity contribution >= 4 is 5.97 Å². The predicted octanol–water partition coefficient (Wildman–Crippen LogP) is 3.23. The van der Waals surface area contributed by atoms with E-state index in [1.54, 1.807) is 0 Å². The topological polar surface area (TPSA) is 29.5 Å². The highest BCUT2D eigenvalue weighted by Gasteiger charge is 2.07. The summed E-state index contributed by atoms with van der Waals surface area (Å²) in [5.41, 5.74) is 0. The smallest absolute Gasteiger partial charge is 0.305 e. The number of hydrogen-bond acceptors (Lipinski definition) is 3. The van der Waals surface area contributed by atoms with Gasteiger partial charge in [0.1, 0.15) is 0 Å². The van der Waals surface area contributed by atoms with Crippen molar-refractivity contribution in [2.75, 3.05) is 26.7 Å². The van der Waals surface area contributed by atoms with Crippen molar-refractivity contribution in [1.82, 2.24) is 4.90 Å². The molecule has 3 heteroatoms. The lowest BCUT2D eigenvalue weighted by atomic mass is 9.98. The normalized spacial score (nSPS) is 27.0. The Balaban J connectivity index is 2.30. The summed E-state index contributed by atoms with van der Waals surface area (Å²) in [7, 11) is 2.19. The van der Waals surface area contributed by atoms with Crippen molar-refractivity contribution < 1.29 is 9.53 Å². The number of esters is 1. The Hall–Kier alpha value is -0.570. The van der Waals surface area contributed by atoms with Crippen LogP contribution in [0.4, 0.5) is 0 Å². The number of hydrogen-bond donors (Lipinski definition) is 0. The molecule has 1 heterocycles. The van der Waals surface area contributed by atoms with E-state index in [9.17, 15) is 4.79 Å². The second kappa shape index (κ2) is 9.37. The lowest BCUT2D eigenvalue weighted by molar-refractivity contribution is -0.143. The summed E-state index contributed by atoms with van der Waals surface area (Å²) in [5.74, 6) is 0.783. The van der Waals surface area contributed by atoms with Gasteiger partial charge in [-0.1, -0.05) is 19.8 Å². The molecule has 0 unspecified atom stereocenters. The highest BCUT2D eigenvalue weighted by molar-refractivity contribution is 5.69. The number of carbonyl (C=O) groups excluding carboxylic acids is 1. The minimum absolute atomic E-state index is 0.00844. The van der Waals surface area contributed by atoms with Gasteiger partial charge in [-0.25, -0.2) is 0 Å². The maximum atomic E-state index is 11.4. The second-order valence-electron chi connectivity index (χ2n) is 5.72. The van der Waals surface area contributed by atoms with Gasteiger partial charge in [0.2, 0.25) is 0 Å². The van der Waals surface area contributed by atoms with Gasteiger partial charge < -0.3 is 9.64 Å². The first kappa shape index (κ1) is 15.5. The zero-order chi connectivity index (χ0) is 13.2. The van der Waals surface area contributed by atoms with Crippen LogP contribution in [0.2, 0.25) is 0 Å². The monoisotopic (exact) mass is 255 g/mol. The van der Waals surface area contributed by atoms with E-state index in [-0.39, 0.29) is 5.97 Å². The van der Waals surface area contributed by atoms with Gasteiger partial charge in [-0.05, 0) is 58.2 Å². The highest BCUT2D eigenvalue weighted by Crippen LogP contribution is 2.15. The first-order valence-corrected chi connectivity index (χ1v) is 7.52. The van der Waals surface area contributed by atoms with Crippen LogP contribution in [0.15, 0.2) is 0 Å². The molecule has 0 saturated carbocycles. The molecule has 1 atom stereocenters. The van der Waals surface area contributed by atoms with Crippen LogP contribution < -0.4 is 0 Å². The van der Waals surface area contributed by atoms with Crippen molar-refractivity contribution in [2.45, 2.75) is 58.3 Å². The number of rotatable bonds is 0. The molecule has 106 valence electrons. The van der Waals surface area contributed by atoms with Crippen LogP contribution in [0.25, 0.3) is 0 Å².